The minimum Gasteiger partial charge on any atom is -0.420 e. The molecule has 0 unspecified atom stereocenters. The van der Waals surface area contributed by atoms with Gasteiger partial charge in [0.1, 0.15) is 0 Å². The summed E-state index contributed by atoms with van der Waals surface area (Å²) in [5.74, 6) is 1.57. The van der Waals surface area contributed by atoms with Crippen molar-refractivity contribution in [2.45, 2.75) is 17.9 Å². The van der Waals surface area contributed by atoms with Gasteiger partial charge in [0.25, 0.3) is 5.22 Å². The number of carbonyl (C=O) groups excluding carboxylic acids is 1. The van der Waals surface area contributed by atoms with Gasteiger partial charge < -0.3 is 14.2 Å². The molecule has 4 aromatic rings. The number of hydrogen-bond donors (Lipinski definition) is 1. The van der Waals surface area contributed by atoms with E-state index >= 15 is 0 Å². The summed E-state index contributed by atoms with van der Waals surface area (Å²) in [6, 6.07) is 16.8. The molecule has 2 heterocycles. The molecule has 9 heteroatoms. The zero-order chi connectivity index (χ0) is 19.3. The van der Waals surface area contributed by atoms with E-state index in [0.29, 0.717) is 34.3 Å². The Morgan fingerprint density at radius 1 is 0.929 bits per heavy atom. The smallest absolute Gasteiger partial charge is 0.277 e. The third-order valence-corrected chi connectivity index (χ3v) is 4.45. The fourth-order valence-electron chi connectivity index (χ4n) is 2.45. The molecule has 1 N–H and O–H groups in total. The third kappa shape index (κ3) is 4.26. The van der Waals surface area contributed by atoms with Crippen molar-refractivity contribution in [2.24, 2.45) is 0 Å². The average Bonchev–Trinajstić information content (AvgIpc) is 3.36. The highest BCUT2D eigenvalue weighted by atomic mass is 32.2. The van der Waals surface area contributed by atoms with E-state index in [1.165, 1.54) is 18.7 Å². The molecular weight excluding hydrogens is 378 g/mol. The molecule has 2 aromatic heterocycles. The minimum absolute atomic E-state index is 0.145. The minimum atomic E-state index is -0.145. The second-order valence-corrected chi connectivity index (χ2v) is 6.72. The zero-order valence-corrected chi connectivity index (χ0v) is 15.6. The van der Waals surface area contributed by atoms with Crippen LogP contribution >= 0.6 is 11.8 Å². The van der Waals surface area contributed by atoms with Crippen LogP contribution in [0.5, 0.6) is 0 Å². The summed E-state index contributed by atoms with van der Waals surface area (Å²) in [7, 11) is 0. The molecule has 0 saturated carbocycles. The molecule has 0 bridgehead atoms. The van der Waals surface area contributed by atoms with Gasteiger partial charge in [0.2, 0.25) is 23.6 Å². The first-order valence-corrected chi connectivity index (χ1v) is 9.38. The van der Waals surface area contributed by atoms with Gasteiger partial charge in [0.05, 0.1) is 5.75 Å². The number of nitrogens with one attached hydrogen (secondary N) is 1. The van der Waals surface area contributed by atoms with E-state index in [1.54, 1.807) is 18.2 Å². The van der Waals surface area contributed by atoms with Gasteiger partial charge >= 0.3 is 0 Å². The van der Waals surface area contributed by atoms with Gasteiger partial charge in [-0.2, -0.15) is 0 Å². The summed E-state index contributed by atoms with van der Waals surface area (Å²) in [6.45, 7) is 1.45. The van der Waals surface area contributed by atoms with Crippen LogP contribution in [-0.4, -0.2) is 26.3 Å². The number of thioether (sulfide) groups is 1. The van der Waals surface area contributed by atoms with Crippen molar-refractivity contribution in [3.8, 4) is 22.9 Å². The van der Waals surface area contributed by atoms with E-state index in [-0.39, 0.29) is 5.91 Å². The Morgan fingerprint density at radius 3 is 2.50 bits per heavy atom. The lowest BCUT2D eigenvalue weighted by Crippen LogP contribution is -2.05. The van der Waals surface area contributed by atoms with E-state index < -0.39 is 0 Å². The number of nitrogens with zero attached hydrogens (tertiary/aromatic N) is 4. The fraction of sp³-hybridized carbons (Fsp3) is 0.105. The normalized spacial score (nSPS) is 10.8. The van der Waals surface area contributed by atoms with Crippen molar-refractivity contribution in [1.82, 2.24) is 20.4 Å². The fourth-order valence-corrected chi connectivity index (χ4v) is 3.05. The van der Waals surface area contributed by atoms with Gasteiger partial charge in [-0.05, 0) is 30.3 Å². The van der Waals surface area contributed by atoms with Crippen molar-refractivity contribution < 1.29 is 13.6 Å². The van der Waals surface area contributed by atoms with Crippen LogP contribution < -0.4 is 5.32 Å². The third-order valence-electron chi connectivity index (χ3n) is 3.64. The number of aromatic nitrogens is 4. The summed E-state index contributed by atoms with van der Waals surface area (Å²) >= 11 is 1.31. The second-order valence-electron chi connectivity index (χ2n) is 5.79. The van der Waals surface area contributed by atoms with Gasteiger partial charge in [-0.1, -0.05) is 36.0 Å². The van der Waals surface area contributed by atoms with Gasteiger partial charge in [-0.3, -0.25) is 4.79 Å². The summed E-state index contributed by atoms with van der Waals surface area (Å²) < 4.78 is 11.3. The van der Waals surface area contributed by atoms with Crippen LogP contribution in [0.25, 0.3) is 22.9 Å². The maximum Gasteiger partial charge on any atom is 0.277 e. The Labute approximate surface area is 164 Å². The molecular formula is C19H15N5O3S. The molecule has 0 spiro atoms. The number of amides is 1. The van der Waals surface area contributed by atoms with Crippen LogP contribution in [0.2, 0.25) is 0 Å². The van der Waals surface area contributed by atoms with E-state index in [0.717, 1.165) is 11.1 Å². The number of anilines is 1. The average molecular weight is 393 g/mol. The van der Waals surface area contributed by atoms with E-state index in [9.17, 15) is 4.79 Å². The molecule has 140 valence electrons. The Bertz CT molecular complexity index is 1090. The van der Waals surface area contributed by atoms with E-state index in [2.05, 4.69) is 25.7 Å². The van der Waals surface area contributed by atoms with Crippen molar-refractivity contribution >= 4 is 23.4 Å². The van der Waals surface area contributed by atoms with Crippen LogP contribution in [0.15, 0.2) is 68.7 Å². The number of carbonyl (C=O) groups is 1. The number of hydrogen-bond acceptors (Lipinski definition) is 8. The Kier molecular flexibility index (Phi) is 5.16. The quantitative estimate of drug-likeness (QED) is 0.489. The SMILES string of the molecule is CC(=O)Nc1cccc(-c2nnc(SCc3nnc(-c4ccccc4)o3)o2)c1. The van der Waals surface area contributed by atoms with Crippen LogP contribution in [-0.2, 0) is 10.5 Å². The van der Waals surface area contributed by atoms with Crippen LogP contribution in [0.1, 0.15) is 12.8 Å². The highest BCUT2D eigenvalue weighted by Crippen LogP contribution is 2.27. The predicted molar refractivity (Wildman–Crippen MR) is 103 cm³/mol. The zero-order valence-electron chi connectivity index (χ0n) is 14.8. The monoisotopic (exact) mass is 393 g/mol. The van der Waals surface area contributed by atoms with Gasteiger partial charge in [0, 0.05) is 23.7 Å². The maximum absolute atomic E-state index is 11.2. The molecule has 2 aromatic carbocycles. The molecule has 0 aliphatic rings. The molecule has 0 radical (unpaired) electrons. The van der Waals surface area contributed by atoms with Gasteiger partial charge in [0.15, 0.2) is 0 Å². The molecule has 0 saturated heterocycles. The molecule has 0 atom stereocenters. The van der Waals surface area contributed by atoms with Crippen molar-refractivity contribution in [2.75, 3.05) is 5.32 Å². The molecule has 0 fully saturated rings. The van der Waals surface area contributed by atoms with Gasteiger partial charge in [-0.25, -0.2) is 0 Å². The van der Waals surface area contributed by atoms with Crippen LogP contribution in [0, 0.1) is 0 Å². The summed E-state index contributed by atoms with van der Waals surface area (Å²) in [6.07, 6.45) is 0. The van der Waals surface area contributed by atoms with Crippen LogP contribution in [0.4, 0.5) is 5.69 Å². The first kappa shape index (κ1) is 17.9. The van der Waals surface area contributed by atoms with E-state index in [4.69, 9.17) is 8.83 Å². The molecule has 4 rings (SSSR count). The molecule has 1 amide bonds. The van der Waals surface area contributed by atoms with Crippen molar-refractivity contribution in [3.63, 3.8) is 0 Å². The van der Waals surface area contributed by atoms with Crippen molar-refractivity contribution in [1.29, 1.82) is 0 Å². The standard InChI is InChI=1S/C19H15N5O3S/c1-12(25)20-15-9-5-8-14(10-15)18-23-24-19(27-18)28-11-16-21-22-17(26-16)13-6-3-2-4-7-13/h2-10H,11H2,1H3,(H,20,25). The van der Waals surface area contributed by atoms with Gasteiger partial charge in [-0.15, -0.1) is 20.4 Å². The lowest BCUT2D eigenvalue weighted by molar-refractivity contribution is -0.114. The Morgan fingerprint density at radius 2 is 1.68 bits per heavy atom. The van der Waals surface area contributed by atoms with Crippen molar-refractivity contribution in [3.05, 3.63) is 60.5 Å². The van der Waals surface area contributed by atoms with Crippen LogP contribution in [0.3, 0.4) is 0 Å². The number of rotatable bonds is 6. The summed E-state index contributed by atoms with van der Waals surface area (Å²) in [5.41, 5.74) is 2.25. The highest BCUT2D eigenvalue weighted by Gasteiger charge is 2.13. The Balaban J connectivity index is 1.42. The van der Waals surface area contributed by atoms with E-state index in [1.807, 2.05) is 36.4 Å². The number of benzene rings is 2. The largest absolute Gasteiger partial charge is 0.420 e. The maximum atomic E-state index is 11.2. The second kappa shape index (κ2) is 8.05. The molecule has 0 aliphatic carbocycles. The lowest BCUT2D eigenvalue weighted by Gasteiger charge is -2.02. The predicted octanol–water partition coefficient (Wildman–Crippen LogP) is 4.04. The lowest BCUT2D eigenvalue weighted by atomic mass is 10.2. The molecule has 8 nitrogen and oxygen atoms in total. The first-order chi connectivity index (χ1) is 13.7. The molecule has 28 heavy (non-hydrogen) atoms. The highest BCUT2D eigenvalue weighted by molar-refractivity contribution is 7.98. The topological polar surface area (TPSA) is 107 Å². The Hall–Kier alpha value is -3.46. The summed E-state index contributed by atoms with van der Waals surface area (Å²) in [4.78, 5) is 11.2. The molecule has 0 aliphatic heterocycles. The first-order valence-electron chi connectivity index (χ1n) is 8.39. The summed E-state index contributed by atoms with van der Waals surface area (Å²) in [5, 5.41) is 19.3.